The van der Waals surface area contributed by atoms with Crippen LogP contribution in [0.15, 0.2) is 48.8 Å². The predicted molar refractivity (Wildman–Crippen MR) is 94.1 cm³/mol. The molecule has 1 fully saturated rings. The Morgan fingerprint density at radius 2 is 1.88 bits per heavy atom. The Kier molecular flexibility index (Phi) is 5.31. The van der Waals surface area contributed by atoms with E-state index in [9.17, 15) is 4.79 Å². The third kappa shape index (κ3) is 4.25. The summed E-state index contributed by atoms with van der Waals surface area (Å²) in [7, 11) is 0. The summed E-state index contributed by atoms with van der Waals surface area (Å²) in [4.78, 5) is 16.3. The molecule has 24 heavy (non-hydrogen) atoms. The van der Waals surface area contributed by atoms with E-state index in [0.717, 1.165) is 24.2 Å². The van der Waals surface area contributed by atoms with Crippen LogP contribution in [0.5, 0.6) is 5.75 Å². The van der Waals surface area contributed by atoms with Crippen molar-refractivity contribution in [1.29, 1.82) is 0 Å². The van der Waals surface area contributed by atoms with Crippen LogP contribution in [-0.2, 0) is 0 Å². The molecule has 1 saturated carbocycles. The molecular formula is C19H23N3O2. The van der Waals surface area contributed by atoms with Gasteiger partial charge in [0.05, 0.1) is 17.8 Å². The maximum atomic E-state index is 12.3. The highest BCUT2D eigenvalue weighted by molar-refractivity contribution is 5.91. The van der Waals surface area contributed by atoms with Crippen molar-refractivity contribution < 1.29 is 9.53 Å². The fourth-order valence-electron chi connectivity index (χ4n) is 2.95. The summed E-state index contributed by atoms with van der Waals surface area (Å²) >= 11 is 0. The van der Waals surface area contributed by atoms with E-state index in [2.05, 4.69) is 15.6 Å². The van der Waals surface area contributed by atoms with Gasteiger partial charge in [-0.1, -0.05) is 12.1 Å². The van der Waals surface area contributed by atoms with Crippen molar-refractivity contribution in [1.82, 2.24) is 10.3 Å². The first-order chi connectivity index (χ1) is 11.7. The van der Waals surface area contributed by atoms with Gasteiger partial charge in [0.1, 0.15) is 5.75 Å². The minimum Gasteiger partial charge on any atom is -0.488 e. The van der Waals surface area contributed by atoms with Crippen molar-refractivity contribution in [3.63, 3.8) is 0 Å². The van der Waals surface area contributed by atoms with Crippen molar-refractivity contribution in [2.45, 2.75) is 44.8 Å². The maximum absolute atomic E-state index is 12.3. The van der Waals surface area contributed by atoms with Crippen LogP contribution in [-0.4, -0.2) is 17.1 Å². The van der Waals surface area contributed by atoms with Crippen molar-refractivity contribution in [2.24, 2.45) is 0 Å². The number of pyridine rings is 1. The fourth-order valence-corrected chi connectivity index (χ4v) is 2.95. The third-order valence-corrected chi connectivity index (χ3v) is 4.28. The lowest BCUT2D eigenvalue weighted by molar-refractivity contribution is 0.211. The fraction of sp³-hybridized carbons (Fsp3) is 0.368. The number of rotatable bonds is 5. The molecule has 126 valence electrons. The van der Waals surface area contributed by atoms with Crippen molar-refractivity contribution >= 4 is 11.7 Å². The van der Waals surface area contributed by atoms with Crippen LogP contribution in [0.25, 0.3) is 0 Å². The second kappa shape index (κ2) is 7.81. The molecule has 1 unspecified atom stereocenters. The number of hydrogen-bond donors (Lipinski definition) is 2. The molecule has 1 heterocycles. The average molecular weight is 325 g/mol. The van der Waals surface area contributed by atoms with Gasteiger partial charge < -0.3 is 15.4 Å². The Labute approximate surface area is 142 Å². The topological polar surface area (TPSA) is 63.2 Å². The largest absolute Gasteiger partial charge is 0.488 e. The number of aromatic nitrogens is 1. The van der Waals surface area contributed by atoms with Crippen molar-refractivity contribution in [3.05, 3.63) is 54.4 Å². The average Bonchev–Trinajstić information content (AvgIpc) is 3.10. The molecule has 1 atom stereocenters. The lowest BCUT2D eigenvalue weighted by Gasteiger charge is -2.18. The van der Waals surface area contributed by atoms with E-state index in [1.165, 1.54) is 12.8 Å². The van der Waals surface area contributed by atoms with E-state index in [4.69, 9.17) is 4.74 Å². The van der Waals surface area contributed by atoms with E-state index in [1.54, 1.807) is 12.4 Å². The standard InChI is InChI=1S/C19H23N3O2/c1-14(15-10-12-20-13-11-15)21-19(23)22-17-8-4-5-9-18(17)24-16-6-2-3-7-16/h4-5,8-14,16H,2-3,6-7H2,1H3,(H2,21,22,23). The predicted octanol–water partition coefficient (Wildman–Crippen LogP) is 4.29. The van der Waals surface area contributed by atoms with E-state index in [1.807, 2.05) is 43.3 Å². The SMILES string of the molecule is CC(NC(=O)Nc1ccccc1OC1CCCC1)c1ccncc1. The zero-order valence-electron chi connectivity index (χ0n) is 13.9. The lowest BCUT2D eigenvalue weighted by Crippen LogP contribution is -2.31. The molecule has 1 aliphatic rings. The molecule has 0 spiro atoms. The van der Waals surface area contributed by atoms with Crippen LogP contribution in [0.1, 0.15) is 44.2 Å². The van der Waals surface area contributed by atoms with Crippen molar-refractivity contribution in [3.8, 4) is 5.75 Å². The number of nitrogens with zero attached hydrogens (tertiary/aromatic N) is 1. The molecule has 1 aliphatic carbocycles. The van der Waals surface area contributed by atoms with E-state index in [-0.39, 0.29) is 18.2 Å². The van der Waals surface area contributed by atoms with Gasteiger partial charge in [-0.15, -0.1) is 0 Å². The summed E-state index contributed by atoms with van der Waals surface area (Å²) in [5.74, 6) is 0.733. The van der Waals surface area contributed by atoms with Crippen LogP contribution in [0.4, 0.5) is 10.5 Å². The van der Waals surface area contributed by atoms with E-state index in [0.29, 0.717) is 5.69 Å². The monoisotopic (exact) mass is 325 g/mol. The second-order valence-electron chi connectivity index (χ2n) is 6.12. The van der Waals surface area contributed by atoms with Gasteiger partial charge in [0, 0.05) is 12.4 Å². The smallest absolute Gasteiger partial charge is 0.319 e. The van der Waals surface area contributed by atoms with Crippen LogP contribution in [0.2, 0.25) is 0 Å². The number of nitrogens with one attached hydrogen (secondary N) is 2. The normalized spacial score (nSPS) is 15.7. The summed E-state index contributed by atoms with van der Waals surface area (Å²) in [5, 5.41) is 5.83. The lowest BCUT2D eigenvalue weighted by atomic mass is 10.1. The summed E-state index contributed by atoms with van der Waals surface area (Å²) in [6.45, 7) is 1.94. The molecule has 0 saturated heterocycles. The zero-order chi connectivity index (χ0) is 16.8. The quantitative estimate of drug-likeness (QED) is 0.862. The van der Waals surface area contributed by atoms with E-state index < -0.39 is 0 Å². The minimum atomic E-state index is -0.248. The number of amides is 2. The molecule has 2 aromatic rings. The number of hydrogen-bond acceptors (Lipinski definition) is 3. The highest BCUT2D eigenvalue weighted by Gasteiger charge is 2.18. The van der Waals surface area contributed by atoms with Crippen LogP contribution < -0.4 is 15.4 Å². The number of ether oxygens (including phenoxy) is 1. The van der Waals surface area contributed by atoms with Gasteiger partial charge in [0.2, 0.25) is 0 Å². The Hall–Kier alpha value is -2.56. The number of anilines is 1. The number of urea groups is 1. The number of carbonyl (C=O) groups is 1. The maximum Gasteiger partial charge on any atom is 0.319 e. The highest BCUT2D eigenvalue weighted by Crippen LogP contribution is 2.29. The molecule has 0 bridgehead atoms. The summed E-state index contributed by atoms with van der Waals surface area (Å²) in [6, 6.07) is 11.0. The minimum absolute atomic E-state index is 0.101. The summed E-state index contributed by atoms with van der Waals surface area (Å²) < 4.78 is 6.05. The Morgan fingerprint density at radius 1 is 1.17 bits per heavy atom. The molecular weight excluding hydrogens is 302 g/mol. The second-order valence-corrected chi connectivity index (χ2v) is 6.12. The first-order valence-corrected chi connectivity index (χ1v) is 8.45. The van der Waals surface area contributed by atoms with Gasteiger partial charge >= 0.3 is 6.03 Å². The van der Waals surface area contributed by atoms with Crippen LogP contribution >= 0.6 is 0 Å². The Balaban J connectivity index is 1.61. The number of para-hydroxylation sites is 2. The summed E-state index contributed by atoms with van der Waals surface area (Å²) in [6.07, 6.45) is 8.28. The first kappa shape index (κ1) is 16.3. The first-order valence-electron chi connectivity index (χ1n) is 8.45. The molecule has 1 aromatic heterocycles. The van der Waals surface area contributed by atoms with Gasteiger partial charge in [0.15, 0.2) is 0 Å². The van der Waals surface area contributed by atoms with Gasteiger partial charge in [-0.2, -0.15) is 0 Å². The molecule has 2 N–H and O–H groups in total. The van der Waals surface area contributed by atoms with Gasteiger partial charge in [-0.05, 0) is 62.4 Å². The number of carbonyl (C=O) groups excluding carboxylic acids is 1. The molecule has 0 radical (unpaired) electrons. The molecule has 0 aliphatic heterocycles. The molecule has 5 heteroatoms. The third-order valence-electron chi connectivity index (χ3n) is 4.28. The zero-order valence-corrected chi connectivity index (χ0v) is 13.9. The number of benzene rings is 1. The van der Waals surface area contributed by atoms with E-state index >= 15 is 0 Å². The molecule has 5 nitrogen and oxygen atoms in total. The Bertz CT molecular complexity index is 669. The van der Waals surface area contributed by atoms with Crippen molar-refractivity contribution in [2.75, 3.05) is 5.32 Å². The molecule has 1 aromatic carbocycles. The highest BCUT2D eigenvalue weighted by atomic mass is 16.5. The van der Waals surface area contributed by atoms with Gasteiger partial charge in [-0.25, -0.2) is 4.79 Å². The van der Waals surface area contributed by atoms with Gasteiger partial charge in [0.25, 0.3) is 0 Å². The summed E-state index contributed by atoms with van der Waals surface area (Å²) in [5.41, 5.74) is 1.71. The van der Waals surface area contributed by atoms with Gasteiger partial charge in [-0.3, -0.25) is 4.98 Å². The van der Waals surface area contributed by atoms with Crippen LogP contribution in [0, 0.1) is 0 Å². The van der Waals surface area contributed by atoms with Crippen LogP contribution in [0.3, 0.4) is 0 Å². The Morgan fingerprint density at radius 3 is 2.62 bits per heavy atom. The molecule has 3 rings (SSSR count). The molecule has 2 amide bonds.